The minimum Gasteiger partial charge on any atom is -0.286 e. The molecule has 0 fully saturated rings. The van der Waals surface area contributed by atoms with Crippen molar-refractivity contribution in [2.24, 2.45) is 0 Å². The summed E-state index contributed by atoms with van der Waals surface area (Å²) in [6.45, 7) is 1.92. The Balaban J connectivity index is 2.15. The minimum absolute atomic E-state index is 0.0556. The average molecular weight is 354 g/mol. The predicted molar refractivity (Wildman–Crippen MR) is 85.5 cm³/mol. The summed E-state index contributed by atoms with van der Waals surface area (Å²) in [5.41, 5.74) is 3.14. The summed E-state index contributed by atoms with van der Waals surface area (Å²) < 4.78 is 23.6. The normalized spacial score (nSPS) is 11.2. The maximum atomic E-state index is 12.2. The molecule has 0 aromatic carbocycles. The summed E-state index contributed by atoms with van der Waals surface area (Å²) >= 11 is 1.36. The number of nitrogens with zero attached hydrogens (tertiary/aromatic N) is 1. The highest BCUT2D eigenvalue weighted by molar-refractivity contribution is 7.88. The van der Waals surface area contributed by atoms with Crippen LogP contribution in [0.15, 0.2) is 35.8 Å². The van der Waals surface area contributed by atoms with Gasteiger partial charge in [0.05, 0.1) is 11.1 Å². The van der Waals surface area contributed by atoms with Crippen molar-refractivity contribution in [2.45, 2.75) is 13.5 Å². The molecule has 0 aliphatic carbocycles. The Hall–Kier alpha value is -2.10. The van der Waals surface area contributed by atoms with Crippen LogP contribution in [0, 0.1) is 6.92 Å². The Morgan fingerprint density at radius 2 is 2.00 bits per heavy atom. The van der Waals surface area contributed by atoms with Crippen LogP contribution in [0.1, 0.15) is 25.7 Å². The molecule has 0 spiro atoms. The number of pyridine rings is 1. The lowest BCUT2D eigenvalue weighted by Gasteiger charge is -2.05. The summed E-state index contributed by atoms with van der Waals surface area (Å²) in [6, 6.07) is 6.80. The summed E-state index contributed by atoms with van der Waals surface area (Å²) in [6.07, 6.45) is 2.45. The second-order valence-corrected chi connectivity index (χ2v) is 7.61. The molecule has 2 rings (SSSR count). The van der Waals surface area contributed by atoms with Crippen molar-refractivity contribution in [3.8, 4) is 0 Å². The highest BCUT2D eigenvalue weighted by Crippen LogP contribution is 2.09. The molecule has 9 heteroatoms. The summed E-state index contributed by atoms with van der Waals surface area (Å²) in [7, 11) is -3.54. The lowest BCUT2D eigenvalue weighted by Crippen LogP contribution is -2.44. The summed E-state index contributed by atoms with van der Waals surface area (Å²) in [5, 5.41) is 1.82. The van der Waals surface area contributed by atoms with Gasteiger partial charge in [0.15, 0.2) is 11.9 Å². The van der Waals surface area contributed by atoms with Crippen LogP contribution in [0.5, 0.6) is 0 Å². The molecule has 23 heavy (non-hydrogen) atoms. The van der Waals surface area contributed by atoms with E-state index in [1.165, 1.54) is 17.5 Å². The Kier molecular flexibility index (Phi) is 5.24. The van der Waals surface area contributed by atoms with Gasteiger partial charge in [-0.3, -0.25) is 15.0 Å². The first-order valence-corrected chi connectivity index (χ1v) is 9.37. The number of amides is 1. The molecular formula is C14H16N3O4S2+. The van der Waals surface area contributed by atoms with E-state index in [1.54, 1.807) is 28.8 Å². The number of rotatable bonds is 6. The highest BCUT2D eigenvalue weighted by Gasteiger charge is 2.18. The molecule has 0 radical (unpaired) electrons. The Morgan fingerprint density at radius 1 is 1.26 bits per heavy atom. The number of hydrogen-bond acceptors (Lipinski definition) is 5. The van der Waals surface area contributed by atoms with Gasteiger partial charge in [0.2, 0.25) is 22.4 Å². The van der Waals surface area contributed by atoms with Gasteiger partial charge in [0.1, 0.15) is 5.56 Å². The van der Waals surface area contributed by atoms with Gasteiger partial charge in [-0.05, 0) is 17.5 Å². The first-order chi connectivity index (χ1) is 10.8. The lowest BCUT2D eigenvalue weighted by molar-refractivity contribution is -0.689. The van der Waals surface area contributed by atoms with Crippen molar-refractivity contribution >= 4 is 33.1 Å². The molecule has 1 amide bonds. The van der Waals surface area contributed by atoms with Gasteiger partial charge in [-0.15, -0.1) is 16.2 Å². The maximum absolute atomic E-state index is 12.2. The number of sulfonamides is 1. The standard InChI is InChI=1S/C14H15N3O4S2/c1-10-5-6-11(14(19)15-16-23(2,20)21)8-17(10)9-12(18)13-4-3-7-22-13/h3-8,16H,9H2,1-2H3/p+1. The maximum Gasteiger partial charge on any atom is 0.272 e. The van der Waals surface area contributed by atoms with Crippen molar-refractivity contribution in [2.75, 3.05) is 6.26 Å². The zero-order valence-electron chi connectivity index (χ0n) is 12.6. The third-order valence-corrected chi connectivity index (χ3v) is 4.36. The number of carbonyl (C=O) groups excluding carboxylic acids is 2. The number of nitrogens with one attached hydrogen (secondary N) is 2. The number of carbonyl (C=O) groups is 2. The molecule has 0 atom stereocenters. The van der Waals surface area contributed by atoms with Gasteiger partial charge in [-0.25, -0.2) is 8.42 Å². The van der Waals surface area contributed by atoms with Crippen LogP contribution in [-0.2, 0) is 16.6 Å². The zero-order valence-corrected chi connectivity index (χ0v) is 14.2. The number of aryl methyl sites for hydroxylation is 1. The van der Waals surface area contributed by atoms with Crippen LogP contribution in [0.3, 0.4) is 0 Å². The number of thiophene rings is 1. The fourth-order valence-electron chi connectivity index (χ4n) is 1.80. The lowest BCUT2D eigenvalue weighted by atomic mass is 10.2. The molecule has 2 N–H and O–H groups in total. The summed E-state index contributed by atoms with van der Waals surface area (Å²) in [4.78, 5) is 26.7. The van der Waals surface area contributed by atoms with Crippen molar-refractivity contribution in [1.29, 1.82) is 0 Å². The van der Waals surface area contributed by atoms with Crippen LogP contribution in [0.25, 0.3) is 0 Å². The van der Waals surface area contributed by atoms with E-state index >= 15 is 0 Å². The molecule has 122 valence electrons. The van der Waals surface area contributed by atoms with E-state index in [-0.39, 0.29) is 17.9 Å². The van der Waals surface area contributed by atoms with Gasteiger partial charge >= 0.3 is 0 Å². The Labute approximate surface area is 138 Å². The minimum atomic E-state index is -3.54. The summed E-state index contributed by atoms with van der Waals surface area (Å²) in [5.74, 6) is -0.660. The van der Waals surface area contributed by atoms with Crippen LogP contribution in [0.4, 0.5) is 0 Å². The van der Waals surface area contributed by atoms with Gasteiger partial charge in [0, 0.05) is 13.0 Å². The average Bonchev–Trinajstić information content (AvgIpc) is 3.00. The fraction of sp³-hybridized carbons (Fsp3) is 0.214. The second-order valence-electron chi connectivity index (χ2n) is 4.92. The second kappa shape index (κ2) is 6.99. The molecule has 0 saturated heterocycles. The van der Waals surface area contributed by atoms with E-state index in [2.05, 4.69) is 5.43 Å². The van der Waals surface area contributed by atoms with E-state index in [4.69, 9.17) is 0 Å². The number of hydrogen-bond donors (Lipinski definition) is 2. The van der Waals surface area contributed by atoms with Crippen LogP contribution < -0.4 is 14.8 Å². The van der Waals surface area contributed by atoms with Gasteiger partial charge in [-0.1, -0.05) is 6.07 Å². The first kappa shape index (κ1) is 17.3. The molecule has 7 nitrogen and oxygen atoms in total. The number of hydrazine groups is 1. The van der Waals surface area contributed by atoms with Gasteiger partial charge < -0.3 is 0 Å². The van der Waals surface area contributed by atoms with Gasteiger partial charge in [-0.2, -0.15) is 4.57 Å². The molecular weight excluding hydrogens is 338 g/mol. The van der Waals surface area contributed by atoms with Crippen LogP contribution >= 0.6 is 11.3 Å². The quantitative estimate of drug-likeness (QED) is 0.446. The van der Waals surface area contributed by atoms with Crippen molar-refractivity contribution in [1.82, 2.24) is 10.3 Å². The third kappa shape index (κ3) is 4.95. The smallest absolute Gasteiger partial charge is 0.272 e. The molecule has 2 aromatic rings. The molecule has 0 unspecified atom stereocenters. The topological polar surface area (TPSA) is 96.2 Å². The zero-order chi connectivity index (χ0) is 17.0. The van der Waals surface area contributed by atoms with E-state index in [0.717, 1.165) is 11.9 Å². The molecule has 2 aromatic heterocycles. The van der Waals surface area contributed by atoms with Crippen LogP contribution in [-0.4, -0.2) is 26.4 Å². The number of Topliss-reactive ketones (excluding diaryl/α,β-unsaturated/α-hetero) is 1. The van der Waals surface area contributed by atoms with E-state index in [0.29, 0.717) is 4.88 Å². The highest BCUT2D eigenvalue weighted by atomic mass is 32.2. The first-order valence-electron chi connectivity index (χ1n) is 6.60. The largest absolute Gasteiger partial charge is 0.286 e. The third-order valence-electron chi connectivity index (χ3n) is 2.97. The SMILES string of the molecule is Cc1ccc(C(=O)NNS(C)(=O)=O)c[n+]1CC(=O)c1cccs1. The van der Waals surface area contributed by atoms with E-state index < -0.39 is 15.9 Å². The van der Waals surface area contributed by atoms with Crippen molar-refractivity contribution in [3.63, 3.8) is 0 Å². The molecule has 0 aliphatic heterocycles. The van der Waals surface area contributed by atoms with Crippen LogP contribution in [0.2, 0.25) is 0 Å². The molecule has 0 bridgehead atoms. The van der Waals surface area contributed by atoms with E-state index in [9.17, 15) is 18.0 Å². The monoisotopic (exact) mass is 354 g/mol. The van der Waals surface area contributed by atoms with Gasteiger partial charge in [0.25, 0.3) is 5.91 Å². The van der Waals surface area contributed by atoms with Crippen molar-refractivity contribution < 1.29 is 22.6 Å². The molecule has 0 saturated carbocycles. The molecule has 2 heterocycles. The predicted octanol–water partition coefficient (Wildman–Crippen LogP) is 0.421. The Bertz CT molecular complexity index is 830. The van der Waals surface area contributed by atoms with E-state index in [1.807, 2.05) is 17.1 Å². The van der Waals surface area contributed by atoms with Crippen molar-refractivity contribution in [3.05, 3.63) is 52.0 Å². The fourth-order valence-corrected chi connectivity index (χ4v) is 2.74. The molecule has 0 aliphatic rings. The number of ketones is 1. The number of aromatic nitrogens is 1. The Morgan fingerprint density at radius 3 is 2.61 bits per heavy atom.